The minimum absolute atomic E-state index is 0.0593. The highest BCUT2D eigenvalue weighted by Gasteiger charge is 2.23. The van der Waals surface area contributed by atoms with Gasteiger partial charge in [-0.3, -0.25) is 4.79 Å². The first-order valence-electron chi connectivity index (χ1n) is 8.54. The van der Waals surface area contributed by atoms with E-state index in [1.165, 1.54) is 12.8 Å². The van der Waals surface area contributed by atoms with Crippen molar-refractivity contribution in [3.63, 3.8) is 0 Å². The lowest BCUT2D eigenvalue weighted by atomic mass is 10.1. The molecule has 5 nitrogen and oxygen atoms in total. The molecule has 0 spiro atoms. The van der Waals surface area contributed by atoms with E-state index in [9.17, 15) is 4.79 Å². The molecule has 1 atom stereocenters. The quantitative estimate of drug-likeness (QED) is 0.926. The second-order valence-electron chi connectivity index (χ2n) is 6.50. The summed E-state index contributed by atoms with van der Waals surface area (Å²) in [4.78, 5) is 14.6. The van der Waals surface area contributed by atoms with Crippen LogP contribution in [0.15, 0.2) is 18.2 Å². The van der Waals surface area contributed by atoms with Crippen LogP contribution in [-0.2, 0) is 0 Å². The molecule has 23 heavy (non-hydrogen) atoms. The molecule has 1 aromatic carbocycles. The van der Waals surface area contributed by atoms with Crippen LogP contribution in [0.3, 0.4) is 0 Å². The molecule has 1 N–H and O–H groups in total. The van der Waals surface area contributed by atoms with Crippen molar-refractivity contribution in [2.24, 2.45) is 0 Å². The van der Waals surface area contributed by atoms with Crippen LogP contribution >= 0.6 is 0 Å². The number of methoxy groups -OCH3 is 1. The highest BCUT2D eigenvalue weighted by Crippen LogP contribution is 2.32. The molecule has 1 aromatic rings. The minimum Gasteiger partial charge on any atom is -0.493 e. The third kappa shape index (κ3) is 3.78. The summed E-state index contributed by atoms with van der Waals surface area (Å²) in [5, 5.41) is 3.35. The van der Waals surface area contributed by atoms with Crippen molar-refractivity contribution in [2.75, 3.05) is 26.7 Å². The van der Waals surface area contributed by atoms with Crippen LogP contribution in [-0.4, -0.2) is 49.7 Å². The van der Waals surface area contributed by atoms with Crippen LogP contribution in [0, 0.1) is 0 Å². The van der Waals surface area contributed by atoms with Crippen LogP contribution in [0.25, 0.3) is 0 Å². The van der Waals surface area contributed by atoms with Gasteiger partial charge in [-0.15, -0.1) is 0 Å². The summed E-state index contributed by atoms with van der Waals surface area (Å²) in [6.45, 7) is 4.42. The van der Waals surface area contributed by atoms with Gasteiger partial charge in [-0.2, -0.15) is 0 Å². The first-order chi connectivity index (χ1) is 11.2. The van der Waals surface area contributed by atoms with Gasteiger partial charge in [0.15, 0.2) is 11.5 Å². The number of nitrogens with one attached hydrogen (secondary N) is 1. The van der Waals surface area contributed by atoms with E-state index < -0.39 is 0 Å². The summed E-state index contributed by atoms with van der Waals surface area (Å²) in [6, 6.07) is 5.86. The highest BCUT2D eigenvalue weighted by atomic mass is 16.5. The number of hydrogen-bond donors (Lipinski definition) is 1. The zero-order chi connectivity index (χ0) is 16.2. The summed E-state index contributed by atoms with van der Waals surface area (Å²) in [5.74, 6) is 1.44. The Balaban J connectivity index is 1.73. The van der Waals surface area contributed by atoms with Crippen molar-refractivity contribution < 1.29 is 14.3 Å². The Kier molecular flexibility index (Phi) is 5.06. The second-order valence-corrected chi connectivity index (χ2v) is 6.50. The average Bonchev–Trinajstić information content (AvgIpc) is 3.07. The number of ether oxygens (including phenoxy) is 2. The van der Waals surface area contributed by atoms with E-state index in [0.29, 0.717) is 17.4 Å². The molecular weight excluding hydrogens is 292 g/mol. The number of benzene rings is 1. The molecule has 3 rings (SSSR count). The van der Waals surface area contributed by atoms with E-state index in [1.807, 2.05) is 17.0 Å². The van der Waals surface area contributed by atoms with Gasteiger partial charge in [-0.25, -0.2) is 0 Å². The molecular formula is C18H26N2O3. The molecule has 1 amide bonds. The molecule has 1 aliphatic carbocycles. The van der Waals surface area contributed by atoms with Gasteiger partial charge < -0.3 is 19.7 Å². The summed E-state index contributed by atoms with van der Waals surface area (Å²) in [7, 11) is 1.62. The molecule has 1 unspecified atom stereocenters. The van der Waals surface area contributed by atoms with Crippen LogP contribution in [0.2, 0.25) is 0 Å². The fraction of sp³-hybridized carbons (Fsp3) is 0.611. The van der Waals surface area contributed by atoms with E-state index in [1.54, 1.807) is 13.2 Å². The maximum absolute atomic E-state index is 12.7. The number of rotatable bonds is 4. The minimum atomic E-state index is 0.0593. The predicted molar refractivity (Wildman–Crippen MR) is 89.2 cm³/mol. The van der Waals surface area contributed by atoms with Crippen LogP contribution in [0.1, 0.15) is 43.0 Å². The molecule has 5 heteroatoms. The molecule has 1 aliphatic heterocycles. The van der Waals surface area contributed by atoms with Gasteiger partial charge in [0.25, 0.3) is 5.91 Å². The van der Waals surface area contributed by atoms with Gasteiger partial charge in [-0.1, -0.05) is 0 Å². The zero-order valence-electron chi connectivity index (χ0n) is 14.0. The van der Waals surface area contributed by atoms with Crippen molar-refractivity contribution in [3.05, 3.63) is 23.8 Å². The van der Waals surface area contributed by atoms with Crippen molar-refractivity contribution in [2.45, 2.75) is 44.8 Å². The summed E-state index contributed by atoms with van der Waals surface area (Å²) < 4.78 is 11.5. The van der Waals surface area contributed by atoms with Gasteiger partial charge >= 0.3 is 0 Å². The topological polar surface area (TPSA) is 50.8 Å². The van der Waals surface area contributed by atoms with Crippen molar-refractivity contribution in [1.82, 2.24) is 10.2 Å². The highest BCUT2D eigenvalue weighted by molar-refractivity contribution is 5.95. The van der Waals surface area contributed by atoms with Crippen molar-refractivity contribution >= 4 is 5.91 Å². The molecule has 126 valence electrons. The fourth-order valence-electron chi connectivity index (χ4n) is 3.38. The lowest BCUT2D eigenvalue weighted by Gasteiger charge is -2.32. The molecule has 2 aliphatic rings. The Bertz CT molecular complexity index is 555. The Morgan fingerprint density at radius 1 is 1.26 bits per heavy atom. The second kappa shape index (κ2) is 7.21. The lowest BCUT2D eigenvalue weighted by molar-refractivity contribution is 0.0708. The monoisotopic (exact) mass is 318 g/mol. The van der Waals surface area contributed by atoms with Gasteiger partial charge in [0.1, 0.15) is 0 Å². The van der Waals surface area contributed by atoms with Crippen LogP contribution in [0.5, 0.6) is 11.5 Å². The fourth-order valence-corrected chi connectivity index (χ4v) is 3.38. The summed E-state index contributed by atoms with van der Waals surface area (Å²) in [6.07, 6.45) is 4.93. The molecule has 1 saturated carbocycles. The maximum atomic E-state index is 12.7. The Hall–Kier alpha value is -1.75. The van der Waals surface area contributed by atoms with Gasteiger partial charge in [-0.05, 0) is 50.8 Å². The number of carbonyl (C=O) groups excluding carboxylic acids is 1. The summed E-state index contributed by atoms with van der Waals surface area (Å²) >= 11 is 0. The van der Waals surface area contributed by atoms with E-state index in [2.05, 4.69) is 12.2 Å². The predicted octanol–water partition coefficient (Wildman–Crippen LogP) is 2.45. The molecule has 1 saturated heterocycles. The SMILES string of the molecule is COc1cc(C(=O)N2CCNC(C)C2)ccc1OC1CCCC1. The smallest absolute Gasteiger partial charge is 0.254 e. The van der Waals surface area contributed by atoms with E-state index >= 15 is 0 Å². The number of carbonyl (C=O) groups is 1. The van der Waals surface area contributed by atoms with Gasteiger partial charge in [0.05, 0.1) is 13.2 Å². The zero-order valence-corrected chi connectivity index (χ0v) is 14.0. The number of nitrogens with zero attached hydrogens (tertiary/aromatic N) is 1. The van der Waals surface area contributed by atoms with Crippen LogP contribution in [0.4, 0.5) is 0 Å². The molecule has 2 fully saturated rings. The van der Waals surface area contributed by atoms with Gasteiger partial charge in [0.2, 0.25) is 0 Å². The standard InChI is InChI=1S/C18H26N2O3/c1-13-12-20(10-9-19-13)18(21)14-7-8-16(17(11-14)22-2)23-15-5-3-4-6-15/h7-8,11,13,15,19H,3-6,9-10,12H2,1-2H3. The molecule has 1 heterocycles. The first-order valence-corrected chi connectivity index (χ1v) is 8.54. The molecule has 0 radical (unpaired) electrons. The number of amides is 1. The Morgan fingerprint density at radius 2 is 2.04 bits per heavy atom. The average molecular weight is 318 g/mol. The Labute approximate surface area is 137 Å². The summed E-state index contributed by atoms with van der Waals surface area (Å²) in [5.41, 5.74) is 0.662. The Morgan fingerprint density at radius 3 is 2.74 bits per heavy atom. The van der Waals surface area contributed by atoms with Crippen LogP contribution < -0.4 is 14.8 Å². The van der Waals surface area contributed by atoms with Crippen molar-refractivity contribution in [3.8, 4) is 11.5 Å². The lowest BCUT2D eigenvalue weighted by Crippen LogP contribution is -2.51. The normalized spacial score (nSPS) is 22.2. The first kappa shape index (κ1) is 16.1. The largest absolute Gasteiger partial charge is 0.493 e. The van der Waals surface area contributed by atoms with E-state index in [0.717, 1.165) is 38.2 Å². The number of hydrogen-bond acceptors (Lipinski definition) is 4. The van der Waals surface area contributed by atoms with E-state index in [-0.39, 0.29) is 12.0 Å². The third-order valence-electron chi connectivity index (χ3n) is 4.66. The molecule has 0 bridgehead atoms. The van der Waals surface area contributed by atoms with E-state index in [4.69, 9.17) is 9.47 Å². The van der Waals surface area contributed by atoms with Crippen molar-refractivity contribution in [1.29, 1.82) is 0 Å². The number of piperazine rings is 1. The molecule has 0 aromatic heterocycles. The third-order valence-corrected chi connectivity index (χ3v) is 4.66. The van der Waals surface area contributed by atoms with Gasteiger partial charge in [0, 0.05) is 31.2 Å². The maximum Gasteiger partial charge on any atom is 0.254 e.